The van der Waals surface area contributed by atoms with Gasteiger partial charge in [-0.05, 0) is 25.1 Å². The van der Waals surface area contributed by atoms with Crippen LogP contribution < -0.4 is 10.6 Å². The summed E-state index contributed by atoms with van der Waals surface area (Å²) in [5.41, 5.74) is 1.49. The van der Waals surface area contributed by atoms with E-state index in [0.717, 1.165) is 5.69 Å². The van der Waals surface area contributed by atoms with Crippen molar-refractivity contribution in [1.82, 2.24) is 20.1 Å². The summed E-state index contributed by atoms with van der Waals surface area (Å²) < 4.78 is 12.5. The van der Waals surface area contributed by atoms with Crippen molar-refractivity contribution in [3.63, 3.8) is 0 Å². The van der Waals surface area contributed by atoms with Crippen LogP contribution in [0, 0.1) is 0 Å². The minimum atomic E-state index is -0.291. The molecule has 0 saturated carbocycles. The number of carbonyl (C=O) groups is 1. The predicted octanol–water partition coefficient (Wildman–Crippen LogP) is 1.19. The molecule has 3 rings (SSSR count). The molecular weight excluding hydrogens is 298 g/mol. The Kier molecular flexibility index (Phi) is 4.84. The average Bonchev–Trinajstić information content (AvgIpc) is 3.20. The number of nitrogens with one attached hydrogen (secondary N) is 2. The molecule has 8 nitrogen and oxygen atoms in total. The zero-order valence-electron chi connectivity index (χ0n) is 12.8. The van der Waals surface area contributed by atoms with E-state index < -0.39 is 0 Å². The van der Waals surface area contributed by atoms with Crippen LogP contribution in [0.5, 0.6) is 0 Å². The Morgan fingerprint density at radius 1 is 1.48 bits per heavy atom. The van der Waals surface area contributed by atoms with Gasteiger partial charge in [-0.25, -0.2) is 14.5 Å². The summed E-state index contributed by atoms with van der Waals surface area (Å²) in [6, 6.07) is 6.92. The smallest absolute Gasteiger partial charge is 0.319 e. The molecule has 0 radical (unpaired) electrons. The molecule has 2 aromatic rings. The standard InChI is InChI=1S/C15H19N5O3/c1-2-23-14-8-22-7-13(14)19-15(21)18-11-4-3-5-12(6-11)20-10-16-9-17-20/h3-6,9-10,13-14H,2,7-8H2,1H3,(H2,18,19,21)/t13-,14-/m0/s1. The molecule has 2 N–H and O–H groups in total. The molecule has 122 valence electrons. The first kappa shape index (κ1) is 15.4. The van der Waals surface area contributed by atoms with Gasteiger partial charge in [0.25, 0.3) is 0 Å². The molecule has 1 aliphatic rings. The summed E-state index contributed by atoms with van der Waals surface area (Å²) in [4.78, 5) is 16.1. The van der Waals surface area contributed by atoms with Crippen molar-refractivity contribution in [2.24, 2.45) is 0 Å². The summed E-state index contributed by atoms with van der Waals surface area (Å²) in [5, 5.41) is 9.76. The minimum absolute atomic E-state index is 0.104. The summed E-state index contributed by atoms with van der Waals surface area (Å²) in [6.07, 6.45) is 2.95. The monoisotopic (exact) mass is 317 g/mol. The molecule has 1 saturated heterocycles. The van der Waals surface area contributed by atoms with Gasteiger partial charge in [-0.15, -0.1) is 0 Å². The Balaban J connectivity index is 1.61. The van der Waals surface area contributed by atoms with Crippen LogP contribution in [0.2, 0.25) is 0 Å². The molecule has 0 bridgehead atoms. The summed E-state index contributed by atoms with van der Waals surface area (Å²) in [6.45, 7) is 3.47. The average molecular weight is 317 g/mol. The van der Waals surface area contributed by atoms with Crippen molar-refractivity contribution in [2.75, 3.05) is 25.1 Å². The number of amides is 2. The molecule has 0 spiro atoms. The Hall–Kier alpha value is -2.45. The van der Waals surface area contributed by atoms with Crippen molar-refractivity contribution in [1.29, 1.82) is 0 Å². The van der Waals surface area contributed by atoms with Crippen LogP contribution in [-0.2, 0) is 9.47 Å². The number of rotatable bonds is 5. The third-order valence-electron chi connectivity index (χ3n) is 3.51. The minimum Gasteiger partial charge on any atom is -0.376 e. The zero-order valence-corrected chi connectivity index (χ0v) is 12.8. The van der Waals surface area contributed by atoms with Gasteiger partial charge in [0.1, 0.15) is 18.8 Å². The number of anilines is 1. The molecule has 1 aromatic carbocycles. The van der Waals surface area contributed by atoms with E-state index in [2.05, 4.69) is 20.7 Å². The van der Waals surface area contributed by atoms with Crippen LogP contribution >= 0.6 is 0 Å². The highest BCUT2D eigenvalue weighted by molar-refractivity contribution is 5.89. The topological polar surface area (TPSA) is 90.3 Å². The van der Waals surface area contributed by atoms with Gasteiger partial charge in [0.15, 0.2) is 0 Å². The second-order valence-electron chi connectivity index (χ2n) is 5.13. The van der Waals surface area contributed by atoms with Crippen LogP contribution in [0.15, 0.2) is 36.9 Å². The highest BCUT2D eigenvalue weighted by atomic mass is 16.5. The van der Waals surface area contributed by atoms with Crippen molar-refractivity contribution >= 4 is 11.7 Å². The van der Waals surface area contributed by atoms with Crippen molar-refractivity contribution < 1.29 is 14.3 Å². The second-order valence-corrected chi connectivity index (χ2v) is 5.13. The van der Waals surface area contributed by atoms with E-state index >= 15 is 0 Å². The predicted molar refractivity (Wildman–Crippen MR) is 83.5 cm³/mol. The Labute approximate surface area is 133 Å². The highest BCUT2D eigenvalue weighted by Gasteiger charge is 2.30. The zero-order chi connectivity index (χ0) is 16.1. The van der Waals surface area contributed by atoms with Crippen LogP contribution in [0.4, 0.5) is 10.5 Å². The van der Waals surface area contributed by atoms with E-state index in [1.807, 2.05) is 31.2 Å². The van der Waals surface area contributed by atoms with Gasteiger partial charge >= 0.3 is 6.03 Å². The van der Waals surface area contributed by atoms with E-state index in [0.29, 0.717) is 25.5 Å². The van der Waals surface area contributed by atoms with Crippen LogP contribution in [0.3, 0.4) is 0 Å². The van der Waals surface area contributed by atoms with Gasteiger partial charge < -0.3 is 20.1 Å². The van der Waals surface area contributed by atoms with Gasteiger partial charge in [0.05, 0.1) is 24.9 Å². The lowest BCUT2D eigenvalue weighted by atomic mass is 10.2. The molecule has 2 amide bonds. The fraction of sp³-hybridized carbons (Fsp3) is 0.400. The SMILES string of the molecule is CCO[C@H]1COC[C@@H]1NC(=O)Nc1cccc(-n2cncn2)c1. The molecule has 23 heavy (non-hydrogen) atoms. The normalized spacial score (nSPS) is 20.4. The number of nitrogens with zero attached hydrogens (tertiary/aromatic N) is 3. The lowest BCUT2D eigenvalue weighted by molar-refractivity contribution is 0.0428. The van der Waals surface area contributed by atoms with Crippen molar-refractivity contribution in [3.05, 3.63) is 36.9 Å². The number of aromatic nitrogens is 3. The molecule has 0 aliphatic carbocycles. The molecule has 2 atom stereocenters. The van der Waals surface area contributed by atoms with Crippen LogP contribution in [0.25, 0.3) is 5.69 Å². The fourth-order valence-electron chi connectivity index (χ4n) is 2.45. The molecular formula is C15H19N5O3. The van der Waals surface area contributed by atoms with Gasteiger partial charge in [0, 0.05) is 12.3 Å². The van der Waals surface area contributed by atoms with Crippen LogP contribution in [0.1, 0.15) is 6.92 Å². The van der Waals surface area contributed by atoms with E-state index in [4.69, 9.17) is 9.47 Å². The Morgan fingerprint density at radius 2 is 2.39 bits per heavy atom. The molecule has 0 unspecified atom stereocenters. The van der Waals surface area contributed by atoms with E-state index in [9.17, 15) is 4.79 Å². The first-order chi connectivity index (χ1) is 11.3. The van der Waals surface area contributed by atoms with Crippen molar-refractivity contribution in [3.8, 4) is 5.69 Å². The van der Waals surface area contributed by atoms with E-state index in [1.165, 1.54) is 6.33 Å². The molecule has 1 fully saturated rings. The van der Waals surface area contributed by atoms with E-state index in [-0.39, 0.29) is 18.2 Å². The van der Waals surface area contributed by atoms with Gasteiger partial charge in [-0.1, -0.05) is 6.07 Å². The lowest BCUT2D eigenvalue weighted by Crippen LogP contribution is -2.45. The van der Waals surface area contributed by atoms with Gasteiger partial charge in [-0.2, -0.15) is 5.10 Å². The number of hydrogen-bond donors (Lipinski definition) is 2. The number of carbonyl (C=O) groups excluding carboxylic acids is 1. The van der Waals surface area contributed by atoms with Crippen molar-refractivity contribution in [2.45, 2.75) is 19.1 Å². The Bertz CT molecular complexity index is 646. The first-order valence-electron chi connectivity index (χ1n) is 7.48. The quantitative estimate of drug-likeness (QED) is 0.864. The van der Waals surface area contributed by atoms with Crippen LogP contribution in [-0.4, -0.2) is 52.8 Å². The third-order valence-corrected chi connectivity index (χ3v) is 3.51. The number of ether oxygens (including phenoxy) is 2. The lowest BCUT2D eigenvalue weighted by Gasteiger charge is -2.19. The maximum Gasteiger partial charge on any atom is 0.319 e. The number of benzene rings is 1. The summed E-state index contributed by atoms with van der Waals surface area (Å²) in [5.74, 6) is 0. The largest absolute Gasteiger partial charge is 0.376 e. The van der Waals surface area contributed by atoms with E-state index in [1.54, 1.807) is 11.0 Å². The number of hydrogen-bond acceptors (Lipinski definition) is 5. The molecule has 8 heteroatoms. The maximum absolute atomic E-state index is 12.1. The molecule has 2 heterocycles. The maximum atomic E-state index is 12.1. The van der Waals surface area contributed by atoms with Gasteiger partial charge in [0.2, 0.25) is 0 Å². The third kappa shape index (κ3) is 3.85. The number of urea groups is 1. The molecule has 1 aliphatic heterocycles. The summed E-state index contributed by atoms with van der Waals surface area (Å²) in [7, 11) is 0. The first-order valence-corrected chi connectivity index (χ1v) is 7.48. The van der Waals surface area contributed by atoms with Gasteiger partial charge in [-0.3, -0.25) is 0 Å². The fourth-order valence-corrected chi connectivity index (χ4v) is 2.45. The highest BCUT2D eigenvalue weighted by Crippen LogP contribution is 2.14. The Morgan fingerprint density at radius 3 is 3.17 bits per heavy atom. The molecule has 1 aromatic heterocycles. The summed E-state index contributed by atoms with van der Waals surface area (Å²) >= 11 is 0. The second kappa shape index (κ2) is 7.21.